The average Bonchev–Trinajstić information content (AvgIpc) is 2.50. The monoisotopic (exact) mass is 288 g/mol. The van der Waals surface area contributed by atoms with Crippen LogP contribution in [0.4, 0.5) is 0 Å². The van der Waals surface area contributed by atoms with Gasteiger partial charge in [0, 0.05) is 13.6 Å². The fourth-order valence-electron chi connectivity index (χ4n) is 2.23. The molecular formula is C16H20N2OS. The molecule has 0 saturated heterocycles. The number of hydrogen-bond donors (Lipinski definition) is 2. The number of ether oxygens (including phenoxy) is 1. The zero-order valence-corrected chi connectivity index (χ0v) is 12.7. The summed E-state index contributed by atoms with van der Waals surface area (Å²) in [5.74, 6) is 0.902. The Morgan fingerprint density at radius 3 is 2.85 bits per heavy atom. The highest BCUT2D eigenvalue weighted by atomic mass is 32.1. The van der Waals surface area contributed by atoms with E-state index in [2.05, 4.69) is 41.0 Å². The summed E-state index contributed by atoms with van der Waals surface area (Å²) in [6.45, 7) is 0.875. The van der Waals surface area contributed by atoms with E-state index in [1.54, 1.807) is 7.11 Å². The predicted molar refractivity (Wildman–Crippen MR) is 88.5 cm³/mol. The minimum Gasteiger partial charge on any atom is -0.497 e. The molecule has 0 aliphatic rings. The van der Waals surface area contributed by atoms with Crippen LogP contribution in [0.25, 0.3) is 10.8 Å². The number of nitrogens with one attached hydrogen (secondary N) is 2. The normalized spacial score (nSPS) is 10.3. The molecule has 2 rings (SSSR count). The number of rotatable bonds is 5. The molecule has 0 bridgehead atoms. The molecule has 0 spiro atoms. The van der Waals surface area contributed by atoms with Crippen LogP contribution in [-0.4, -0.2) is 25.8 Å². The van der Waals surface area contributed by atoms with Crippen molar-refractivity contribution in [2.75, 3.05) is 20.7 Å². The van der Waals surface area contributed by atoms with Crippen molar-refractivity contribution in [1.29, 1.82) is 0 Å². The van der Waals surface area contributed by atoms with Gasteiger partial charge in [-0.2, -0.15) is 0 Å². The third-order valence-electron chi connectivity index (χ3n) is 3.32. The predicted octanol–water partition coefficient (Wildman–Crippen LogP) is 2.87. The minimum absolute atomic E-state index is 0.699. The van der Waals surface area contributed by atoms with Gasteiger partial charge >= 0.3 is 0 Å². The number of fused-ring (bicyclic) bond motifs is 1. The Bertz CT molecular complexity index is 598. The first kappa shape index (κ1) is 14.6. The molecular weight excluding hydrogens is 268 g/mol. The Labute approximate surface area is 125 Å². The lowest BCUT2D eigenvalue weighted by Crippen LogP contribution is -2.33. The second-order valence-corrected chi connectivity index (χ2v) is 5.02. The lowest BCUT2D eigenvalue weighted by atomic mass is 10.0. The first-order valence-corrected chi connectivity index (χ1v) is 7.16. The van der Waals surface area contributed by atoms with E-state index in [4.69, 9.17) is 17.0 Å². The van der Waals surface area contributed by atoms with Crippen molar-refractivity contribution >= 4 is 28.1 Å². The fraction of sp³-hybridized carbons (Fsp3) is 0.312. The van der Waals surface area contributed by atoms with Gasteiger partial charge in [0.25, 0.3) is 0 Å². The summed E-state index contributed by atoms with van der Waals surface area (Å²) in [6.07, 6.45) is 2.06. The van der Waals surface area contributed by atoms with Crippen molar-refractivity contribution in [2.24, 2.45) is 0 Å². The molecule has 0 radical (unpaired) electrons. The van der Waals surface area contributed by atoms with Gasteiger partial charge in [-0.1, -0.05) is 24.3 Å². The van der Waals surface area contributed by atoms with E-state index >= 15 is 0 Å². The molecule has 0 aromatic heterocycles. The molecule has 0 aliphatic carbocycles. The fourth-order valence-corrected chi connectivity index (χ4v) is 2.33. The van der Waals surface area contributed by atoms with E-state index in [-0.39, 0.29) is 0 Å². The van der Waals surface area contributed by atoms with Gasteiger partial charge < -0.3 is 15.4 Å². The summed E-state index contributed by atoms with van der Waals surface area (Å²) in [7, 11) is 3.53. The third kappa shape index (κ3) is 3.61. The Kier molecular flexibility index (Phi) is 5.18. The summed E-state index contributed by atoms with van der Waals surface area (Å²) in [5.41, 5.74) is 1.35. The smallest absolute Gasteiger partial charge is 0.166 e. The van der Waals surface area contributed by atoms with Gasteiger partial charge in [-0.3, -0.25) is 0 Å². The second kappa shape index (κ2) is 7.10. The van der Waals surface area contributed by atoms with E-state index in [1.165, 1.54) is 16.3 Å². The zero-order chi connectivity index (χ0) is 14.4. The van der Waals surface area contributed by atoms with Gasteiger partial charge in [0.15, 0.2) is 5.11 Å². The summed E-state index contributed by atoms with van der Waals surface area (Å²) >= 11 is 5.06. The van der Waals surface area contributed by atoms with Crippen molar-refractivity contribution in [3.8, 4) is 5.75 Å². The van der Waals surface area contributed by atoms with Crippen molar-refractivity contribution in [3.05, 3.63) is 42.0 Å². The van der Waals surface area contributed by atoms with Crippen LogP contribution in [0.3, 0.4) is 0 Å². The molecule has 20 heavy (non-hydrogen) atoms. The molecule has 0 aliphatic heterocycles. The van der Waals surface area contributed by atoms with Crippen molar-refractivity contribution in [1.82, 2.24) is 10.6 Å². The molecule has 0 fully saturated rings. The van der Waals surface area contributed by atoms with Crippen LogP contribution in [0.5, 0.6) is 5.75 Å². The second-order valence-electron chi connectivity index (χ2n) is 4.61. The van der Waals surface area contributed by atoms with Crippen LogP contribution in [0.15, 0.2) is 36.4 Å². The van der Waals surface area contributed by atoms with E-state index in [1.807, 2.05) is 13.1 Å². The summed E-state index contributed by atoms with van der Waals surface area (Å²) in [6, 6.07) is 12.6. The van der Waals surface area contributed by atoms with Gasteiger partial charge in [-0.15, -0.1) is 0 Å². The molecule has 0 amide bonds. The highest BCUT2D eigenvalue weighted by molar-refractivity contribution is 7.80. The molecule has 0 atom stereocenters. The standard InChI is InChI=1S/C16H20N2OS/c1-17-16(20)18-10-4-7-12-5-3-6-13-8-9-14(19-2)11-15(12)13/h3,5-6,8-9,11H,4,7,10H2,1-2H3,(H2,17,18,20). The SMILES string of the molecule is CNC(=S)NCCCc1cccc2ccc(OC)cc12. The molecule has 2 aromatic rings. The molecule has 0 saturated carbocycles. The summed E-state index contributed by atoms with van der Waals surface area (Å²) in [4.78, 5) is 0. The van der Waals surface area contributed by atoms with Gasteiger partial charge in [0.2, 0.25) is 0 Å². The Morgan fingerprint density at radius 2 is 2.10 bits per heavy atom. The zero-order valence-electron chi connectivity index (χ0n) is 11.9. The molecule has 2 aromatic carbocycles. The molecule has 4 heteroatoms. The van der Waals surface area contributed by atoms with Gasteiger partial charge in [-0.25, -0.2) is 0 Å². The van der Waals surface area contributed by atoms with Gasteiger partial charge in [0.1, 0.15) is 5.75 Å². The Hall–Kier alpha value is -1.81. The maximum Gasteiger partial charge on any atom is 0.166 e. The topological polar surface area (TPSA) is 33.3 Å². The third-order valence-corrected chi connectivity index (χ3v) is 3.66. The molecule has 106 valence electrons. The molecule has 0 heterocycles. The van der Waals surface area contributed by atoms with Crippen molar-refractivity contribution in [3.63, 3.8) is 0 Å². The maximum absolute atomic E-state index is 5.31. The van der Waals surface area contributed by atoms with E-state index < -0.39 is 0 Å². The van der Waals surface area contributed by atoms with Crippen LogP contribution >= 0.6 is 12.2 Å². The largest absolute Gasteiger partial charge is 0.497 e. The highest BCUT2D eigenvalue weighted by Crippen LogP contribution is 2.24. The summed E-state index contributed by atoms with van der Waals surface area (Å²) in [5, 5.41) is 9.30. The van der Waals surface area contributed by atoms with Crippen LogP contribution < -0.4 is 15.4 Å². The minimum atomic E-state index is 0.699. The number of methoxy groups -OCH3 is 1. The summed E-state index contributed by atoms with van der Waals surface area (Å²) < 4.78 is 5.31. The van der Waals surface area contributed by atoms with Crippen molar-refractivity contribution in [2.45, 2.75) is 12.8 Å². The lowest BCUT2D eigenvalue weighted by Gasteiger charge is -2.10. The van der Waals surface area contributed by atoms with Crippen molar-refractivity contribution < 1.29 is 4.74 Å². The van der Waals surface area contributed by atoms with Crippen LogP contribution in [0, 0.1) is 0 Å². The van der Waals surface area contributed by atoms with E-state index in [0.29, 0.717) is 5.11 Å². The first-order chi connectivity index (χ1) is 9.74. The van der Waals surface area contributed by atoms with Gasteiger partial charge in [-0.05, 0) is 53.5 Å². The Balaban J connectivity index is 2.07. The number of hydrogen-bond acceptors (Lipinski definition) is 2. The van der Waals surface area contributed by atoms with Crippen LogP contribution in [-0.2, 0) is 6.42 Å². The quantitative estimate of drug-likeness (QED) is 0.655. The molecule has 2 N–H and O–H groups in total. The van der Waals surface area contributed by atoms with Crippen LogP contribution in [0.1, 0.15) is 12.0 Å². The number of benzene rings is 2. The van der Waals surface area contributed by atoms with E-state index in [9.17, 15) is 0 Å². The first-order valence-electron chi connectivity index (χ1n) is 6.76. The molecule has 0 unspecified atom stereocenters. The number of thiocarbonyl (C=S) groups is 1. The van der Waals surface area contributed by atoms with Crippen LogP contribution in [0.2, 0.25) is 0 Å². The Morgan fingerprint density at radius 1 is 1.25 bits per heavy atom. The van der Waals surface area contributed by atoms with E-state index in [0.717, 1.165) is 25.1 Å². The highest BCUT2D eigenvalue weighted by Gasteiger charge is 2.03. The maximum atomic E-state index is 5.31. The lowest BCUT2D eigenvalue weighted by molar-refractivity contribution is 0.415. The average molecular weight is 288 g/mol. The van der Waals surface area contributed by atoms with Gasteiger partial charge in [0.05, 0.1) is 7.11 Å². The molecule has 3 nitrogen and oxygen atoms in total. The number of aryl methyl sites for hydroxylation is 1.